The van der Waals surface area contributed by atoms with Gasteiger partial charge in [0, 0.05) is 24.5 Å². The molecule has 1 aromatic rings. The third kappa shape index (κ3) is 4.37. The number of nitrogens with zero attached hydrogens (tertiary/aromatic N) is 1. The van der Waals surface area contributed by atoms with Gasteiger partial charge in [-0.05, 0) is 30.9 Å². The first-order valence-corrected chi connectivity index (χ1v) is 7.76. The summed E-state index contributed by atoms with van der Waals surface area (Å²) in [5.74, 6) is -2.21. The summed E-state index contributed by atoms with van der Waals surface area (Å²) in [6.45, 7) is 2.41. The van der Waals surface area contributed by atoms with Crippen molar-refractivity contribution < 1.29 is 22.8 Å². The number of alkyl halides is 3. The minimum absolute atomic E-state index is 0.280. The summed E-state index contributed by atoms with van der Waals surface area (Å²) in [5.41, 5.74) is 1.69. The standard InChI is InChI=1S/C17H19F3N2O2/c1-2-12-6-3-4-7-13(12)21-16(24)14-8-5-10-22(14)11-9-15(23)17(18,19)20/h3-4,6-7,9,11,14H,2,5,8,10H2,1H3,(H,21,24)/b11-9+/t14-/m0/s1. The van der Waals surface area contributed by atoms with Gasteiger partial charge in [-0.15, -0.1) is 0 Å². The number of anilines is 1. The largest absolute Gasteiger partial charge is 0.454 e. The summed E-state index contributed by atoms with van der Waals surface area (Å²) in [5, 5.41) is 2.83. The second-order valence-corrected chi connectivity index (χ2v) is 5.57. The maximum atomic E-state index is 12.4. The monoisotopic (exact) mass is 340 g/mol. The Morgan fingerprint density at radius 2 is 2.04 bits per heavy atom. The van der Waals surface area contributed by atoms with E-state index >= 15 is 0 Å². The Balaban J connectivity index is 2.06. The minimum atomic E-state index is -4.89. The van der Waals surface area contributed by atoms with E-state index in [0.29, 0.717) is 31.1 Å². The number of likely N-dealkylation sites (tertiary alicyclic amines) is 1. The molecule has 2 rings (SSSR count). The van der Waals surface area contributed by atoms with E-state index in [1.165, 1.54) is 4.90 Å². The number of hydrogen-bond donors (Lipinski definition) is 1. The lowest BCUT2D eigenvalue weighted by Crippen LogP contribution is -2.37. The molecular weight excluding hydrogens is 321 g/mol. The van der Waals surface area contributed by atoms with Gasteiger partial charge in [-0.25, -0.2) is 0 Å². The van der Waals surface area contributed by atoms with Crippen molar-refractivity contribution in [3.63, 3.8) is 0 Å². The van der Waals surface area contributed by atoms with E-state index in [-0.39, 0.29) is 5.91 Å². The summed E-state index contributed by atoms with van der Waals surface area (Å²) in [4.78, 5) is 24.9. The Morgan fingerprint density at radius 1 is 1.33 bits per heavy atom. The Bertz CT molecular complexity index is 641. The zero-order valence-electron chi connectivity index (χ0n) is 13.3. The molecule has 1 amide bonds. The number of hydrogen-bond acceptors (Lipinski definition) is 3. The average Bonchev–Trinajstić information content (AvgIpc) is 3.00. The van der Waals surface area contributed by atoms with Gasteiger partial charge in [0.15, 0.2) is 0 Å². The van der Waals surface area contributed by atoms with Gasteiger partial charge in [-0.2, -0.15) is 13.2 Å². The fourth-order valence-electron chi connectivity index (χ4n) is 2.67. The van der Waals surface area contributed by atoms with Crippen molar-refractivity contribution in [1.82, 2.24) is 4.90 Å². The number of carbonyl (C=O) groups excluding carboxylic acids is 2. The van der Waals surface area contributed by atoms with Gasteiger partial charge >= 0.3 is 6.18 Å². The van der Waals surface area contributed by atoms with E-state index in [0.717, 1.165) is 18.2 Å². The fraction of sp³-hybridized carbons (Fsp3) is 0.412. The maximum absolute atomic E-state index is 12.4. The number of ketones is 1. The van der Waals surface area contributed by atoms with E-state index in [1.54, 1.807) is 6.07 Å². The Labute approximate surface area is 138 Å². The Kier molecular flexibility index (Phi) is 5.64. The third-order valence-corrected chi connectivity index (χ3v) is 3.95. The molecule has 0 aromatic heterocycles. The zero-order valence-corrected chi connectivity index (χ0v) is 13.3. The Morgan fingerprint density at radius 3 is 2.71 bits per heavy atom. The van der Waals surface area contributed by atoms with Crippen LogP contribution in [0, 0.1) is 0 Å². The van der Waals surface area contributed by atoms with Gasteiger partial charge in [-0.1, -0.05) is 25.1 Å². The van der Waals surface area contributed by atoms with E-state index in [4.69, 9.17) is 0 Å². The first-order chi connectivity index (χ1) is 11.3. The molecule has 0 saturated carbocycles. The number of halogens is 3. The van der Waals surface area contributed by atoms with Crippen LogP contribution in [-0.4, -0.2) is 35.4 Å². The number of rotatable bonds is 5. The molecule has 0 spiro atoms. The van der Waals surface area contributed by atoms with E-state index in [1.807, 2.05) is 25.1 Å². The Hall–Kier alpha value is -2.31. The van der Waals surface area contributed by atoms with Crippen LogP contribution in [0.2, 0.25) is 0 Å². The number of nitrogens with one attached hydrogen (secondary N) is 1. The van der Waals surface area contributed by atoms with Crippen LogP contribution in [0.3, 0.4) is 0 Å². The molecule has 1 aliphatic rings. The second kappa shape index (κ2) is 7.51. The van der Waals surface area contributed by atoms with Crippen molar-refractivity contribution in [2.75, 3.05) is 11.9 Å². The number of allylic oxidation sites excluding steroid dienone is 1. The van der Waals surface area contributed by atoms with Crippen LogP contribution in [0.4, 0.5) is 18.9 Å². The maximum Gasteiger partial charge on any atom is 0.454 e. The summed E-state index contributed by atoms with van der Waals surface area (Å²) >= 11 is 0. The smallest absolute Gasteiger partial charge is 0.365 e. The van der Waals surface area contributed by atoms with E-state index in [9.17, 15) is 22.8 Å². The van der Waals surface area contributed by atoms with Crippen molar-refractivity contribution in [3.05, 3.63) is 42.1 Å². The molecule has 1 aromatic carbocycles. The topological polar surface area (TPSA) is 49.4 Å². The van der Waals surface area contributed by atoms with Crippen molar-refractivity contribution in [1.29, 1.82) is 0 Å². The molecule has 0 aliphatic carbocycles. The van der Waals surface area contributed by atoms with Crippen LogP contribution >= 0.6 is 0 Å². The van der Waals surface area contributed by atoms with Crippen LogP contribution in [0.1, 0.15) is 25.3 Å². The predicted octanol–water partition coefficient (Wildman–Crippen LogP) is 3.30. The van der Waals surface area contributed by atoms with Crippen LogP contribution in [0.15, 0.2) is 36.5 Å². The van der Waals surface area contributed by atoms with Gasteiger partial charge in [0.25, 0.3) is 5.78 Å². The lowest BCUT2D eigenvalue weighted by atomic mass is 10.1. The van der Waals surface area contributed by atoms with Crippen LogP contribution < -0.4 is 5.32 Å². The number of benzene rings is 1. The normalized spacial score (nSPS) is 18.2. The molecule has 0 radical (unpaired) electrons. The van der Waals surface area contributed by atoms with Gasteiger partial charge < -0.3 is 10.2 Å². The van der Waals surface area contributed by atoms with E-state index < -0.39 is 18.0 Å². The molecule has 1 heterocycles. The minimum Gasteiger partial charge on any atom is -0.365 e. The molecule has 0 bridgehead atoms. The number of para-hydroxylation sites is 1. The summed E-state index contributed by atoms with van der Waals surface area (Å²) in [7, 11) is 0. The molecule has 1 saturated heterocycles. The quantitative estimate of drug-likeness (QED) is 0.837. The SMILES string of the molecule is CCc1ccccc1NC(=O)[C@@H]1CCCN1/C=C/C(=O)C(F)(F)F. The second-order valence-electron chi connectivity index (χ2n) is 5.57. The molecule has 130 valence electrons. The summed E-state index contributed by atoms with van der Waals surface area (Å²) in [6, 6.07) is 6.81. The van der Waals surface area contributed by atoms with Crippen molar-refractivity contribution in [2.45, 2.75) is 38.4 Å². The summed E-state index contributed by atoms with van der Waals surface area (Å²) in [6.07, 6.45) is -1.38. The van der Waals surface area contributed by atoms with Gasteiger partial charge in [0.1, 0.15) is 6.04 Å². The van der Waals surface area contributed by atoms with Gasteiger partial charge in [-0.3, -0.25) is 9.59 Å². The molecule has 1 aliphatic heterocycles. The zero-order chi connectivity index (χ0) is 17.7. The average molecular weight is 340 g/mol. The summed E-state index contributed by atoms with van der Waals surface area (Å²) < 4.78 is 36.8. The highest BCUT2D eigenvalue weighted by Gasteiger charge is 2.37. The van der Waals surface area contributed by atoms with Gasteiger partial charge in [0.05, 0.1) is 0 Å². The molecule has 1 fully saturated rings. The third-order valence-electron chi connectivity index (χ3n) is 3.95. The highest BCUT2D eigenvalue weighted by atomic mass is 19.4. The first kappa shape index (κ1) is 18.0. The van der Waals surface area contributed by atoms with Crippen molar-refractivity contribution >= 4 is 17.4 Å². The van der Waals surface area contributed by atoms with Crippen LogP contribution in [0.5, 0.6) is 0 Å². The molecular formula is C17H19F3N2O2. The molecule has 1 N–H and O–H groups in total. The number of aryl methyl sites for hydroxylation is 1. The lowest BCUT2D eigenvalue weighted by molar-refractivity contribution is -0.165. The molecule has 4 nitrogen and oxygen atoms in total. The first-order valence-electron chi connectivity index (χ1n) is 7.76. The van der Waals surface area contributed by atoms with Crippen LogP contribution in [0.25, 0.3) is 0 Å². The van der Waals surface area contributed by atoms with Crippen molar-refractivity contribution in [2.24, 2.45) is 0 Å². The van der Waals surface area contributed by atoms with Gasteiger partial charge in [0.2, 0.25) is 5.91 Å². The molecule has 24 heavy (non-hydrogen) atoms. The highest BCUT2D eigenvalue weighted by Crippen LogP contribution is 2.22. The molecule has 1 atom stereocenters. The number of amides is 1. The number of carbonyl (C=O) groups is 2. The predicted molar refractivity (Wildman–Crippen MR) is 84.4 cm³/mol. The van der Waals surface area contributed by atoms with Crippen LogP contribution in [-0.2, 0) is 16.0 Å². The van der Waals surface area contributed by atoms with Crippen molar-refractivity contribution in [3.8, 4) is 0 Å². The van der Waals surface area contributed by atoms with E-state index in [2.05, 4.69) is 5.32 Å². The fourth-order valence-corrected chi connectivity index (χ4v) is 2.67. The lowest BCUT2D eigenvalue weighted by Gasteiger charge is -2.22. The highest BCUT2D eigenvalue weighted by molar-refractivity contribution is 5.96. The molecule has 0 unspecified atom stereocenters. The molecule has 7 heteroatoms.